The molecule has 0 aliphatic rings. The maximum absolute atomic E-state index is 10.9. The lowest BCUT2D eigenvalue weighted by Gasteiger charge is -2.11. The van der Waals surface area contributed by atoms with Gasteiger partial charge in [-0.1, -0.05) is 18.2 Å². The van der Waals surface area contributed by atoms with Crippen molar-refractivity contribution in [1.29, 1.82) is 0 Å². The molecule has 0 radical (unpaired) electrons. The summed E-state index contributed by atoms with van der Waals surface area (Å²) in [7, 11) is 1.31. The first-order valence-corrected chi connectivity index (χ1v) is 4.25. The van der Waals surface area contributed by atoms with Gasteiger partial charge in [0, 0.05) is 11.6 Å². The van der Waals surface area contributed by atoms with Crippen LogP contribution in [-0.4, -0.2) is 18.2 Å². The van der Waals surface area contributed by atoms with Crippen molar-refractivity contribution in [3.8, 4) is 5.75 Å². The van der Waals surface area contributed by atoms with Gasteiger partial charge in [0.2, 0.25) is 0 Å². The Balaban J connectivity index is 2.74. The summed E-state index contributed by atoms with van der Waals surface area (Å²) in [6, 6.07) is 6.15. The predicted octanol–water partition coefficient (Wildman–Crippen LogP) is 0.955. The number of hydrogen-bond donors (Lipinski definition) is 2. The summed E-state index contributed by atoms with van der Waals surface area (Å²) in [4.78, 5) is 10.9. The number of esters is 1. The standard InChI is InChI=1S/C10H13NO3/c1-14-10(13)6-8(11)7-4-2-3-5-9(7)12/h2-5,8,12H,6,11H2,1H3/t8-/m0/s1. The Morgan fingerprint density at radius 3 is 2.79 bits per heavy atom. The van der Waals surface area contributed by atoms with E-state index in [9.17, 15) is 9.90 Å². The lowest BCUT2D eigenvalue weighted by atomic mass is 10.0. The van der Waals surface area contributed by atoms with Crippen LogP contribution in [0.3, 0.4) is 0 Å². The van der Waals surface area contributed by atoms with Crippen molar-refractivity contribution >= 4 is 5.97 Å². The number of aromatic hydroxyl groups is 1. The first kappa shape index (κ1) is 10.5. The molecule has 0 aromatic heterocycles. The normalized spacial score (nSPS) is 12.1. The minimum atomic E-state index is -0.524. The van der Waals surface area contributed by atoms with Crippen molar-refractivity contribution < 1.29 is 14.6 Å². The monoisotopic (exact) mass is 195 g/mol. The molecular weight excluding hydrogens is 182 g/mol. The minimum Gasteiger partial charge on any atom is -0.508 e. The number of carbonyl (C=O) groups excluding carboxylic acids is 1. The highest BCUT2D eigenvalue weighted by molar-refractivity contribution is 5.70. The predicted molar refractivity (Wildman–Crippen MR) is 51.7 cm³/mol. The average molecular weight is 195 g/mol. The molecule has 0 fully saturated rings. The second kappa shape index (κ2) is 4.62. The fraction of sp³-hybridized carbons (Fsp3) is 0.300. The van der Waals surface area contributed by atoms with Gasteiger partial charge >= 0.3 is 5.97 Å². The van der Waals surface area contributed by atoms with Gasteiger partial charge in [-0.05, 0) is 6.07 Å². The van der Waals surface area contributed by atoms with E-state index in [1.165, 1.54) is 13.2 Å². The lowest BCUT2D eigenvalue weighted by molar-refractivity contribution is -0.141. The summed E-state index contributed by atoms with van der Waals surface area (Å²) in [6.45, 7) is 0. The highest BCUT2D eigenvalue weighted by Crippen LogP contribution is 2.23. The number of benzene rings is 1. The fourth-order valence-corrected chi connectivity index (χ4v) is 1.17. The van der Waals surface area contributed by atoms with Gasteiger partial charge in [-0.3, -0.25) is 4.79 Å². The van der Waals surface area contributed by atoms with Crippen LogP contribution in [0.15, 0.2) is 24.3 Å². The minimum absolute atomic E-state index is 0.0636. The van der Waals surface area contributed by atoms with E-state index in [1.54, 1.807) is 18.2 Å². The van der Waals surface area contributed by atoms with E-state index in [1.807, 2.05) is 0 Å². The Morgan fingerprint density at radius 1 is 1.57 bits per heavy atom. The van der Waals surface area contributed by atoms with Crippen LogP contribution in [0.5, 0.6) is 5.75 Å². The van der Waals surface area contributed by atoms with Gasteiger partial charge in [0.05, 0.1) is 13.5 Å². The average Bonchev–Trinajstić information content (AvgIpc) is 2.18. The number of rotatable bonds is 3. The second-order valence-corrected chi connectivity index (χ2v) is 2.95. The first-order chi connectivity index (χ1) is 6.65. The molecule has 0 heterocycles. The molecular formula is C10H13NO3. The molecule has 0 bridgehead atoms. The van der Waals surface area contributed by atoms with Crippen molar-refractivity contribution in [2.24, 2.45) is 5.73 Å². The number of carbonyl (C=O) groups is 1. The van der Waals surface area contributed by atoms with Gasteiger partial charge in [-0.15, -0.1) is 0 Å². The van der Waals surface area contributed by atoms with Crippen LogP contribution in [0.2, 0.25) is 0 Å². The Kier molecular flexibility index (Phi) is 3.48. The number of phenolic OH excluding ortho intramolecular Hbond substituents is 1. The zero-order valence-corrected chi connectivity index (χ0v) is 7.93. The summed E-state index contributed by atoms with van der Waals surface area (Å²) < 4.78 is 4.48. The molecule has 4 nitrogen and oxygen atoms in total. The molecule has 1 aromatic rings. The van der Waals surface area contributed by atoms with Crippen LogP contribution < -0.4 is 5.73 Å². The molecule has 0 unspecified atom stereocenters. The second-order valence-electron chi connectivity index (χ2n) is 2.95. The number of methoxy groups -OCH3 is 1. The van der Waals surface area contributed by atoms with Crippen molar-refractivity contribution in [3.05, 3.63) is 29.8 Å². The first-order valence-electron chi connectivity index (χ1n) is 4.25. The summed E-state index contributed by atoms with van der Waals surface area (Å²) in [5.41, 5.74) is 6.27. The third-order valence-corrected chi connectivity index (χ3v) is 1.95. The molecule has 0 amide bonds. The van der Waals surface area contributed by atoms with E-state index in [2.05, 4.69) is 4.74 Å². The van der Waals surface area contributed by atoms with Gasteiger partial charge in [-0.25, -0.2) is 0 Å². The lowest BCUT2D eigenvalue weighted by Crippen LogP contribution is -2.16. The molecule has 0 spiro atoms. The third-order valence-electron chi connectivity index (χ3n) is 1.95. The molecule has 0 saturated heterocycles. The number of para-hydroxylation sites is 1. The Bertz CT molecular complexity index is 325. The molecule has 1 atom stereocenters. The van der Waals surface area contributed by atoms with E-state index in [0.29, 0.717) is 5.56 Å². The Morgan fingerprint density at radius 2 is 2.21 bits per heavy atom. The van der Waals surface area contributed by atoms with E-state index in [0.717, 1.165) is 0 Å². The molecule has 0 saturated carbocycles. The van der Waals surface area contributed by atoms with Crippen LogP contribution in [-0.2, 0) is 9.53 Å². The maximum Gasteiger partial charge on any atom is 0.307 e. The summed E-state index contributed by atoms with van der Waals surface area (Å²) in [5, 5.41) is 9.43. The van der Waals surface area contributed by atoms with Crippen molar-refractivity contribution in [3.63, 3.8) is 0 Å². The zero-order valence-electron chi connectivity index (χ0n) is 7.93. The van der Waals surface area contributed by atoms with Gasteiger partial charge < -0.3 is 15.6 Å². The van der Waals surface area contributed by atoms with Crippen LogP contribution in [0.1, 0.15) is 18.0 Å². The highest BCUT2D eigenvalue weighted by Gasteiger charge is 2.14. The molecule has 76 valence electrons. The van der Waals surface area contributed by atoms with Gasteiger partial charge in [0.1, 0.15) is 5.75 Å². The zero-order chi connectivity index (χ0) is 10.6. The molecule has 1 rings (SSSR count). The molecule has 0 aliphatic carbocycles. The van der Waals surface area contributed by atoms with Crippen LogP contribution in [0.25, 0.3) is 0 Å². The van der Waals surface area contributed by atoms with E-state index < -0.39 is 6.04 Å². The molecule has 1 aromatic carbocycles. The van der Waals surface area contributed by atoms with E-state index >= 15 is 0 Å². The molecule has 0 aliphatic heterocycles. The van der Waals surface area contributed by atoms with Crippen molar-refractivity contribution in [2.75, 3.05) is 7.11 Å². The van der Waals surface area contributed by atoms with Crippen molar-refractivity contribution in [2.45, 2.75) is 12.5 Å². The quantitative estimate of drug-likeness (QED) is 0.704. The van der Waals surface area contributed by atoms with Gasteiger partial charge in [0.15, 0.2) is 0 Å². The Hall–Kier alpha value is -1.55. The molecule has 14 heavy (non-hydrogen) atoms. The SMILES string of the molecule is COC(=O)C[C@H](N)c1ccccc1O. The van der Waals surface area contributed by atoms with Gasteiger partial charge in [-0.2, -0.15) is 0 Å². The summed E-state index contributed by atoms with van der Waals surface area (Å²) >= 11 is 0. The van der Waals surface area contributed by atoms with Crippen LogP contribution in [0, 0.1) is 0 Å². The number of hydrogen-bond acceptors (Lipinski definition) is 4. The van der Waals surface area contributed by atoms with Crippen LogP contribution in [0.4, 0.5) is 0 Å². The van der Waals surface area contributed by atoms with E-state index in [-0.39, 0.29) is 18.1 Å². The third kappa shape index (κ3) is 2.47. The number of nitrogens with two attached hydrogens (primary N) is 1. The maximum atomic E-state index is 10.9. The highest BCUT2D eigenvalue weighted by atomic mass is 16.5. The molecule has 4 heteroatoms. The van der Waals surface area contributed by atoms with Crippen molar-refractivity contribution in [1.82, 2.24) is 0 Å². The summed E-state index contributed by atoms with van der Waals surface area (Å²) in [6.07, 6.45) is 0.0636. The largest absolute Gasteiger partial charge is 0.508 e. The Labute approximate surface area is 82.3 Å². The fourth-order valence-electron chi connectivity index (χ4n) is 1.17. The van der Waals surface area contributed by atoms with Crippen LogP contribution >= 0.6 is 0 Å². The number of phenols is 1. The topological polar surface area (TPSA) is 72.5 Å². The van der Waals surface area contributed by atoms with Gasteiger partial charge in [0.25, 0.3) is 0 Å². The molecule has 3 N–H and O–H groups in total. The summed E-state index contributed by atoms with van der Waals surface area (Å²) in [5.74, 6) is -0.287. The van der Waals surface area contributed by atoms with E-state index in [4.69, 9.17) is 5.73 Å². The smallest absolute Gasteiger partial charge is 0.307 e. The number of ether oxygens (including phenoxy) is 1.